The second-order valence-corrected chi connectivity index (χ2v) is 11.0. The monoisotopic (exact) mass is 601 g/mol. The van der Waals surface area contributed by atoms with Crippen molar-refractivity contribution in [3.05, 3.63) is 108 Å². The van der Waals surface area contributed by atoms with E-state index in [2.05, 4.69) is 31.8 Å². The van der Waals surface area contributed by atoms with Crippen LogP contribution in [-0.2, 0) is 13.6 Å². The maximum atomic E-state index is 13.9. The zero-order chi connectivity index (χ0) is 31.2. The van der Waals surface area contributed by atoms with Crippen LogP contribution in [0.4, 0.5) is 21.0 Å². The van der Waals surface area contributed by atoms with E-state index in [4.69, 9.17) is 4.98 Å². The van der Waals surface area contributed by atoms with Crippen LogP contribution in [0.25, 0.3) is 22.4 Å². The first-order valence-corrected chi connectivity index (χ1v) is 14.8. The van der Waals surface area contributed by atoms with Crippen molar-refractivity contribution >= 4 is 17.8 Å². The average Bonchev–Trinajstić information content (AvgIpc) is 3.51. The molecule has 1 saturated carbocycles. The standard InChI is InChI=1S/C34H32FN9O/c1-43-22-27(21-40-43)25-10-15-31(37-19-25)44(34(45)39-18-23-6-3-2-4-7-23)30-13-11-29(12-14-30)41-33-38-20-26(17-36)32(42-33)24-8-5-9-28(35)16-24/h2-10,15-16,19-22,29-30H,11-14,18H2,1H3,(H,39,45)(H,38,41,42). The van der Waals surface area contributed by atoms with Gasteiger partial charge in [0.1, 0.15) is 17.7 Å². The number of benzene rings is 2. The Labute approximate surface area is 260 Å². The van der Waals surface area contributed by atoms with E-state index in [1.807, 2.05) is 55.7 Å². The third-order valence-corrected chi connectivity index (χ3v) is 7.94. The molecule has 45 heavy (non-hydrogen) atoms. The number of halogens is 1. The summed E-state index contributed by atoms with van der Waals surface area (Å²) >= 11 is 0. The van der Waals surface area contributed by atoms with Gasteiger partial charge < -0.3 is 10.6 Å². The number of rotatable bonds is 8. The number of carbonyl (C=O) groups is 1. The summed E-state index contributed by atoms with van der Waals surface area (Å²) in [5.41, 5.74) is 4.05. The first-order valence-electron chi connectivity index (χ1n) is 14.8. The van der Waals surface area contributed by atoms with Crippen LogP contribution in [0.15, 0.2) is 91.5 Å². The molecule has 0 atom stereocenters. The fourth-order valence-corrected chi connectivity index (χ4v) is 5.64. The molecule has 226 valence electrons. The molecule has 11 heteroatoms. The van der Waals surface area contributed by atoms with Crippen molar-refractivity contribution in [2.75, 3.05) is 10.2 Å². The van der Waals surface area contributed by atoms with Gasteiger partial charge in [-0.1, -0.05) is 42.5 Å². The topological polar surface area (TPSA) is 125 Å². The Hall–Kier alpha value is -5.63. The van der Waals surface area contributed by atoms with Gasteiger partial charge in [-0.15, -0.1) is 0 Å². The average molecular weight is 602 g/mol. The molecule has 3 aromatic heterocycles. The van der Waals surface area contributed by atoms with Crippen molar-refractivity contribution in [2.24, 2.45) is 7.05 Å². The Kier molecular flexibility index (Phi) is 8.73. The van der Waals surface area contributed by atoms with Crippen molar-refractivity contribution in [1.82, 2.24) is 30.0 Å². The van der Waals surface area contributed by atoms with Crippen molar-refractivity contribution in [2.45, 2.75) is 44.3 Å². The highest BCUT2D eigenvalue weighted by molar-refractivity contribution is 5.91. The van der Waals surface area contributed by atoms with Gasteiger partial charge in [-0.2, -0.15) is 10.4 Å². The first-order chi connectivity index (χ1) is 22.0. The molecule has 1 aliphatic rings. The van der Waals surface area contributed by atoms with Crippen LogP contribution in [0.1, 0.15) is 36.8 Å². The van der Waals surface area contributed by atoms with Crippen LogP contribution >= 0.6 is 0 Å². The first kappa shape index (κ1) is 29.4. The minimum atomic E-state index is -0.401. The molecule has 0 bridgehead atoms. The highest BCUT2D eigenvalue weighted by Gasteiger charge is 2.31. The lowest BCUT2D eigenvalue weighted by atomic mass is 9.90. The summed E-state index contributed by atoms with van der Waals surface area (Å²) in [6.07, 6.45) is 9.93. The molecule has 0 saturated heterocycles. The zero-order valence-corrected chi connectivity index (χ0v) is 24.8. The number of pyridine rings is 1. The van der Waals surface area contributed by atoms with Gasteiger partial charge in [0, 0.05) is 54.8 Å². The lowest BCUT2D eigenvalue weighted by molar-refractivity contribution is 0.240. The zero-order valence-electron chi connectivity index (χ0n) is 24.8. The maximum absolute atomic E-state index is 13.9. The summed E-state index contributed by atoms with van der Waals surface area (Å²) in [6, 6.07) is 21.5. The molecule has 10 nitrogen and oxygen atoms in total. The molecule has 5 aromatic rings. The molecule has 2 amide bonds. The summed E-state index contributed by atoms with van der Waals surface area (Å²) < 4.78 is 15.6. The number of urea groups is 1. The van der Waals surface area contributed by atoms with Crippen molar-refractivity contribution in [1.29, 1.82) is 5.26 Å². The molecule has 1 fully saturated rings. The Morgan fingerprint density at radius 1 is 0.978 bits per heavy atom. The summed E-state index contributed by atoms with van der Waals surface area (Å²) in [6.45, 7) is 0.407. The Morgan fingerprint density at radius 2 is 1.80 bits per heavy atom. The molecule has 6 rings (SSSR count). The highest BCUT2D eigenvalue weighted by Crippen LogP contribution is 2.30. The Morgan fingerprint density at radius 3 is 2.49 bits per heavy atom. The van der Waals surface area contributed by atoms with Crippen molar-refractivity contribution in [3.63, 3.8) is 0 Å². The number of amides is 2. The number of hydrogen-bond donors (Lipinski definition) is 2. The van der Waals surface area contributed by atoms with E-state index in [9.17, 15) is 14.4 Å². The van der Waals surface area contributed by atoms with Gasteiger partial charge in [-0.05, 0) is 55.5 Å². The summed E-state index contributed by atoms with van der Waals surface area (Å²) in [4.78, 5) is 29.1. The molecular formula is C34H32FN9O. The quantitative estimate of drug-likeness (QED) is 0.221. The third-order valence-electron chi connectivity index (χ3n) is 7.94. The molecule has 2 N–H and O–H groups in total. The second kappa shape index (κ2) is 13.3. The lowest BCUT2D eigenvalue weighted by Gasteiger charge is -2.36. The molecule has 3 heterocycles. The Bertz CT molecular complexity index is 1810. The fourth-order valence-electron chi connectivity index (χ4n) is 5.64. The van der Waals surface area contributed by atoms with Gasteiger partial charge in [0.25, 0.3) is 0 Å². The van der Waals surface area contributed by atoms with Crippen LogP contribution in [0.5, 0.6) is 0 Å². The molecule has 1 aliphatic carbocycles. The molecule has 0 radical (unpaired) electrons. The number of nitrogens with one attached hydrogen (secondary N) is 2. The number of aryl methyl sites for hydroxylation is 1. The van der Waals surface area contributed by atoms with Gasteiger partial charge in [-0.3, -0.25) is 9.58 Å². The highest BCUT2D eigenvalue weighted by atomic mass is 19.1. The van der Waals surface area contributed by atoms with Crippen LogP contribution in [-0.4, -0.2) is 42.8 Å². The van der Waals surface area contributed by atoms with E-state index in [0.717, 1.165) is 42.4 Å². The summed E-state index contributed by atoms with van der Waals surface area (Å²) in [5, 5.41) is 20.3. The van der Waals surface area contributed by atoms with E-state index in [0.29, 0.717) is 29.6 Å². The fraction of sp³-hybridized carbons (Fsp3) is 0.235. The van der Waals surface area contributed by atoms with E-state index in [1.165, 1.54) is 18.3 Å². The maximum Gasteiger partial charge on any atom is 0.323 e. The number of hydrogen-bond acceptors (Lipinski definition) is 7. The normalized spacial score (nSPS) is 16.0. The molecule has 2 aromatic carbocycles. The summed E-state index contributed by atoms with van der Waals surface area (Å²) in [5.74, 6) is 0.558. The second-order valence-electron chi connectivity index (χ2n) is 11.0. The largest absolute Gasteiger partial charge is 0.351 e. The summed E-state index contributed by atoms with van der Waals surface area (Å²) in [7, 11) is 1.87. The third kappa shape index (κ3) is 6.96. The van der Waals surface area contributed by atoms with Gasteiger partial charge in [0.2, 0.25) is 5.95 Å². The Balaban J connectivity index is 1.17. The molecule has 0 unspecified atom stereocenters. The number of nitrogens with zero attached hydrogens (tertiary/aromatic N) is 7. The van der Waals surface area contributed by atoms with Gasteiger partial charge >= 0.3 is 6.03 Å². The van der Waals surface area contributed by atoms with Crippen LogP contribution in [0.2, 0.25) is 0 Å². The van der Waals surface area contributed by atoms with Crippen molar-refractivity contribution in [3.8, 4) is 28.5 Å². The van der Waals surface area contributed by atoms with Crippen molar-refractivity contribution < 1.29 is 9.18 Å². The van der Waals surface area contributed by atoms with Gasteiger partial charge in [-0.25, -0.2) is 24.1 Å². The molecular weight excluding hydrogens is 569 g/mol. The predicted octanol–water partition coefficient (Wildman–Crippen LogP) is 6.09. The minimum Gasteiger partial charge on any atom is -0.351 e. The molecule has 0 aliphatic heterocycles. The van der Waals surface area contributed by atoms with Crippen LogP contribution < -0.4 is 15.5 Å². The van der Waals surface area contributed by atoms with E-state index in [-0.39, 0.29) is 23.7 Å². The number of carbonyl (C=O) groups excluding carboxylic acids is 1. The SMILES string of the molecule is Cn1cc(-c2ccc(N(C(=O)NCc3ccccc3)C3CCC(Nc4ncc(C#N)c(-c5cccc(F)c5)n4)CC3)nc2)cn1. The van der Waals surface area contributed by atoms with Gasteiger partial charge in [0.05, 0.1) is 23.7 Å². The smallest absolute Gasteiger partial charge is 0.323 e. The number of anilines is 2. The van der Waals surface area contributed by atoms with Crippen LogP contribution in [0, 0.1) is 17.1 Å². The predicted molar refractivity (Wildman–Crippen MR) is 169 cm³/mol. The number of aromatic nitrogens is 5. The van der Waals surface area contributed by atoms with E-state index < -0.39 is 5.82 Å². The van der Waals surface area contributed by atoms with Crippen LogP contribution in [0.3, 0.4) is 0 Å². The van der Waals surface area contributed by atoms with E-state index in [1.54, 1.807) is 34.1 Å². The van der Waals surface area contributed by atoms with E-state index >= 15 is 0 Å². The number of nitriles is 1. The van der Waals surface area contributed by atoms with Gasteiger partial charge in [0.15, 0.2) is 0 Å². The lowest BCUT2D eigenvalue weighted by Crippen LogP contribution is -2.49. The molecule has 0 spiro atoms. The minimum absolute atomic E-state index is 0.0599.